The number of anilines is 1. The molecular weight excluding hydrogens is 606 g/mol. The van der Waals surface area contributed by atoms with Crippen LogP contribution >= 0.6 is 22.9 Å². The lowest BCUT2D eigenvalue weighted by atomic mass is 10.1. The number of carbonyl (C=O) groups excluding carboxylic acids is 1. The molecule has 1 aromatic heterocycles. The number of carboxylic acid groups (broad SMARTS) is 1. The van der Waals surface area contributed by atoms with E-state index in [9.17, 15) is 23.1 Å². The van der Waals surface area contributed by atoms with Crippen molar-refractivity contribution in [3.8, 4) is 21.7 Å². The van der Waals surface area contributed by atoms with Gasteiger partial charge in [0, 0.05) is 11.1 Å². The van der Waals surface area contributed by atoms with E-state index in [4.69, 9.17) is 11.6 Å². The molecule has 5 aromatic rings. The maximum absolute atomic E-state index is 13.1. The zero-order valence-corrected chi connectivity index (χ0v) is 25.2. The molecule has 0 saturated carbocycles. The standard InChI is InChI=1S/C32H26ClN3O5S2/c1-20-11-13-22(14-12-20)29-28(25-9-5-6-10-26(25)33)34-32(42-29)35-30(37)23-15-17-24(18-16-23)43(40,41)36-27(31(38)39)19-21-7-3-2-4-8-21/h2-18,27,36H,19H2,1H3,(H,38,39)(H,34,35,37). The monoisotopic (exact) mass is 631 g/mol. The van der Waals surface area contributed by atoms with E-state index in [1.807, 2.05) is 49.4 Å². The van der Waals surface area contributed by atoms with Crippen molar-refractivity contribution >= 4 is 50.0 Å². The molecule has 0 aliphatic heterocycles. The molecule has 1 amide bonds. The fourth-order valence-corrected chi connectivity index (χ4v) is 6.74. The van der Waals surface area contributed by atoms with Crippen LogP contribution in [-0.4, -0.2) is 36.4 Å². The number of carboxylic acids is 1. The van der Waals surface area contributed by atoms with Crippen LogP contribution in [0.5, 0.6) is 0 Å². The molecular formula is C32H26ClN3O5S2. The third-order valence-electron chi connectivity index (χ3n) is 6.60. The molecule has 0 aliphatic rings. The Morgan fingerprint density at radius 2 is 1.56 bits per heavy atom. The van der Waals surface area contributed by atoms with Crippen LogP contribution in [0.4, 0.5) is 5.13 Å². The predicted molar refractivity (Wildman–Crippen MR) is 169 cm³/mol. The highest BCUT2D eigenvalue weighted by molar-refractivity contribution is 7.89. The number of hydrogen-bond acceptors (Lipinski definition) is 6. The largest absolute Gasteiger partial charge is 0.480 e. The number of aliphatic carboxylic acids is 1. The molecule has 218 valence electrons. The number of halogens is 1. The summed E-state index contributed by atoms with van der Waals surface area (Å²) in [5.41, 5.74) is 4.26. The van der Waals surface area contributed by atoms with Crippen molar-refractivity contribution in [2.24, 2.45) is 0 Å². The number of carbonyl (C=O) groups is 2. The number of sulfonamides is 1. The summed E-state index contributed by atoms with van der Waals surface area (Å²) in [6.45, 7) is 2.00. The van der Waals surface area contributed by atoms with E-state index in [2.05, 4.69) is 15.0 Å². The topological polar surface area (TPSA) is 125 Å². The van der Waals surface area contributed by atoms with Crippen LogP contribution < -0.4 is 10.0 Å². The highest BCUT2D eigenvalue weighted by Gasteiger charge is 2.26. The smallest absolute Gasteiger partial charge is 0.322 e. The van der Waals surface area contributed by atoms with Crippen LogP contribution in [0.2, 0.25) is 5.02 Å². The third kappa shape index (κ3) is 7.18. The lowest BCUT2D eigenvalue weighted by Gasteiger charge is -2.15. The first-order valence-electron chi connectivity index (χ1n) is 13.1. The molecule has 5 rings (SSSR count). The molecule has 0 spiro atoms. The van der Waals surface area contributed by atoms with Gasteiger partial charge in [0.1, 0.15) is 6.04 Å². The Bertz CT molecular complexity index is 1870. The summed E-state index contributed by atoms with van der Waals surface area (Å²) >= 11 is 7.78. The maximum Gasteiger partial charge on any atom is 0.322 e. The molecule has 43 heavy (non-hydrogen) atoms. The molecule has 1 atom stereocenters. The summed E-state index contributed by atoms with van der Waals surface area (Å²) in [6, 6.07) is 27.9. The number of hydrogen-bond donors (Lipinski definition) is 3. The second-order valence-corrected chi connectivity index (χ2v) is 12.8. The molecule has 8 nitrogen and oxygen atoms in total. The molecule has 0 fully saturated rings. The van der Waals surface area contributed by atoms with E-state index in [-0.39, 0.29) is 16.9 Å². The summed E-state index contributed by atoms with van der Waals surface area (Å²) in [6.07, 6.45) is -0.0233. The summed E-state index contributed by atoms with van der Waals surface area (Å²) in [4.78, 5) is 30.3. The van der Waals surface area contributed by atoms with Crippen molar-refractivity contribution in [2.45, 2.75) is 24.3 Å². The Hall–Kier alpha value is -4.35. The highest BCUT2D eigenvalue weighted by atomic mass is 35.5. The molecule has 4 aromatic carbocycles. The Labute approximate surface area is 258 Å². The van der Waals surface area contributed by atoms with Crippen molar-refractivity contribution in [1.29, 1.82) is 0 Å². The SMILES string of the molecule is Cc1ccc(-c2sc(NC(=O)c3ccc(S(=O)(=O)NC(Cc4ccccc4)C(=O)O)cc3)nc2-c2ccccc2Cl)cc1. The van der Waals surface area contributed by atoms with Gasteiger partial charge in [-0.25, -0.2) is 13.4 Å². The summed E-state index contributed by atoms with van der Waals surface area (Å²) in [5.74, 6) is -1.78. The fraction of sp³-hybridized carbons (Fsp3) is 0.0938. The number of nitrogens with one attached hydrogen (secondary N) is 2. The summed E-state index contributed by atoms with van der Waals surface area (Å²) in [7, 11) is -4.18. The highest BCUT2D eigenvalue weighted by Crippen LogP contribution is 2.41. The average Bonchev–Trinajstić information content (AvgIpc) is 3.41. The molecule has 0 radical (unpaired) electrons. The Morgan fingerprint density at radius 3 is 2.21 bits per heavy atom. The minimum Gasteiger partial charge on any atom is -0.480 e. The average molecular weight is 632 g/mol. The minimum atomic E-state index is -4.18. The minimum absolute atomic E-state index is 0.0233. The Kier molecular flexibility index (Phi) is 9.02. The van der Waals surface area contributed by atoms with Gasteiger partial charge in [-0.15, -0.1) is 0 Å². The van der Waals surface area contributed by atoms with Gasteiger partial charge in [0.15, 0.2) is 5.13 Å². The Balaban J connectivity index is 1.35. The second kappa shape index (κ2) is 12.9. The number of amides is 1. The molecule has 0 saturated heterocycles. The van der Waals surface area contributed by atoms with Crippen LogP contribution in [0.15, 0.2) is 108 Å². The molecule has 3 N–H and O–H groups in total. The van der Waals surface area contributed by atoms with Gasteiger partial charge in [-0.3, -0.25) is 14.9 Å². The number of thiazole rings is 1. The van der Waals surface area contributed by atoms with Crippen LogP contribution in [0.3, 0.4) is 0 Å². The van der Waals surface area contributed by atoms with E-state index in [0.29, 0.717) is 21.4 Å². The van der Waals surface area contributed by atoms with E-state index >= 15 is 0 Å². The van der Waals surface area contributed by atoms with Gasteiger partial charge >= 0.3 is 5.97 Å². The van der Waals surface area contributed by atoms with E-state index < -0.39 is 27.9 Å². The van der Waals surface area contributed by atoms with Crippen molar-refractivity contribution in [2.75, 3.05) is 5.32 Å². The van der Waals surface area contributed by atoms with Gasteiger partial charge in [-0.1, -0.05) is 101 Å². The number of aryl methyl sites for hydroxylation is 1. The molecule has 11 heteroatoms. The number of aromatic nitrogens is 1. The summed E-state index contributed by atoms with van der Waals surface area (Å²) < 4.78 is 28.2. The van der Waals surface area contributed by atoms with E-state index in [1.54, 1.807) is 36.4 Å². The van der Waals surface area contributed by atoms with Crippen LogP contribution in [-0.2, 0) is 21.2 Å². The predicted octanol–water partition coefficient (Wildman–Crippen LogP) is 6.67. The molecule has 1 unspecified atom stereocenters. The van der Waals surface area contributed by atoms with Gasteiger partial charge in [0.25, 0.3) is 5.91 Å². The quantitative estimate of drug-likeness (QED) is 0.158. The zero-order chi connectivity index (χ0) is 30.6. The zero-order valence-electron chi connectivity index (χ0n) is 22.8. The first-order chi connectivity index (χ1) is 20.6. The summed E-state index contributed by atoms with van der Waals surface area (Å²) in [5, 5.41) is 13.3. The molecule has 0 aliphatic carbocycles. The first kappa shape index (κ1) is 30.1. The van der Waals surface area contributed by atoms with Crippen LogP contribution in [0.25, 0.3) is 21.7 Å². The normalized spacial score (nSPS) is 12.0. The van der Waals surface area contributed by atoms with Gasteiger partial charge in [-0.05, 0) is 54.8 Å². The number of nitrogens with zero attached hydrogens (tertiary/aromatic N) is 1. The fourth-order valence-electron chi connectivity index (χ4n) is 4.35. The van der Waals surface area contributed by atoms with Gasteiger partial charge in [-0.2, -0.15) is 4.72 Å². The van der Waals surface area contributed by atoms with Crippen molar-refractivity contribution in [3.05, 3.63) is 125 Å². The first-order valence-corrected chi connectivity index (χ1v) is 15.8. The van der Waals surface area contributed by atoms with Crippen LogP contribution in [0, 0.1) is 6.92 Å². The third-order valence-corrected chi connectivity index (χ3v) is 9.43. The van der Waals surface area contributed by atoms with Crippen molar-refractivity contribution < 1.29 is 23.1 Å². The lowest BCUT2D eigenvalue weighted by Crippen LogP contribution is -2.42. The van der Waals surface area contributed by atoms with Crippen LogP contribution in [0.1, 0.15) is 21.5 Å². The Morgan fingerprint density at radius 1 is 0.907 bits per heavy atom. The van der Waals surface area contributed by atoms with Crippen molar-refractivity contribution in [3.63, 3.8) is 0 Å². The van der Waals surface area contributed by atoms with Gasteiger partial charge < -0.3 is 5.11 Å². The number of rotatable bonds is 10. The number of benzene rings is 4. The van der Waals surface area contributed by atoms with Crippen molar-refractivity contribution in [1.82, 2.24) is 9.71 Å². The lowest BCUT2D eigenvalue weighted by molar-refractivity contribution is -0.138. The van der Waals surface area contributed by atoms with E-state index in [1.165, 1.54) is 35.6 Å². The van der Waals surface area contributed by atoms with Gasteiger partial charge in [0.2, 0.25) is 10.0 Å². The van der Waals surface area contributed by atoms with E-state index in [0.717, 1.165) is 21.6 Å². The second-order valence-electron chi connectivity index (χ2n) is 9.72. The van der Waals surface area contributed by atoms with Gasteiger partial charge in [0.05, 0.1) is 20.5 Å². The molecule has 1 heterocycles. The molecule has 0 bridgehead atoms. The maximum atomic E-state index is 13.1.